The number of hydrogen-bond donors (Lipinski definition) is 4. The average Bonchev–Trinajstić information content (AvgIpc) is 2.76. The number of aliphatic hydroxyl groups excluding tert-OH is 4. The number of alkyl halides is 1. The van der Waals surface area contributed by atoms with Gasteiger partial charge in [0, 0.05) is 19.0 Å². The molecule has 1 fully saturated rings. The summed E-state index contributed by atoms with van der Waals surface area (Å²) in [5.74, 6) is -0.0436. The van der Waals surface area contributed by atoms with Crippen LogP contribution < -0.4 is 0 Å². The quantitative estimate of drug-likeness (QED) is 0.0971. The Morgan fingerprint density at radius 1 is 1.06 bits per heavy atom. The van der Waals surface area contributed by atoms with Gasteiger partial charge in [0.15, 0.2) is 12.5 Å². The van der Waals surface area contributed by atoms with Crippen LogP contribution >= 0.6 is 11.6 Å². The van der Waals surface area contributed by atoms with Crippen molar-refractivity contribution in [2.45, 2.75) is 89.3 Å². The van der Waals surface area contributed by atoms with E-state index >= 15 is 0 Å². The summed E-state index contributed by atoms with van der Waals surface area (Å²) in [6.45, 7) is 4.10. The first-order valence-corrected chi connectivity index (χ1v) is 11.3. The molecule has 0 spiro atoms. The van der Waals surface area contributed by atoms with E-state index < -0.39 is 43.0 Å². The number of halogens is 1. The maximum atomic E-state index is 12.8. The molecule has 0 aliphatic carbocycles. The third-order valence-electron chi connectivity index (χ3n) is 5.11. The third kappa shape index (κ3) is 8.08. The molecule has 0 saturated carbocycles. The minimum absolute atomic E-state index is 0.0436. The minimum Gasteiger partial charge on any atom is -0.387 e. The number of aliphatic hydroxyl groups is 4. The van der Waals surface area contributed by atoms with Gasteiger partial charge in [-0.2, -0.15) is 5.01 Å². The van der Waals surface area contributed by atoms with Gasteiger partial charge in [-0.1, -0.05) is 39.5 Å². The zero-order valence-corrected chi connectivity index (χ0v) is 18.9. The van der Waals surface area contributed by atoms with Gasteiger partial charge in [0.25, 0.3) is 0 Å². The number of hydrogen-bond acceptors (Lipinski definition) is 9. The molecule has 11 nitrogen and oxygen atoms in total. The highest BCUT2D eigenvalue weighted by atomic mass is 35.5. The molecule has 1 heterocycles. The predicted octanol–water partition coefficient (Wildman–Crippen LogP) is 1.15. The zero-order valence-electron chi connectivity index (χ0n) is 18.2. The lowest BCUT2D eigenvalue weighted by molar-refractivity contribution is -0.318. The molecule has 6 atom stereocenters. The average molecular weight is 470 g/mol. The molecule has 182 valence electrons. The van der Waals surface area contributed by atoms with Crippen LogP contribution in [0, 0.1) is 4.91 Å². The Labute approximate surface area is 187 Å². The van der Waals surface area contributed by atoms with E-state index in [4.69, 9.17) is 21.1 Å². The van der Waals surface area contributed by atoms with Gasteiger partial charge in [-0.05, 0) is 12.8 Å². The van der Waals surface area contributed by atoms with Crippen molar-refractivity contribution in [2.24, 2.45) is 5.29 Å². The summed E-state index contributed by atoms with van der Waals surface area (Å²) in [6, 6.07) is -0.903. The number of ether oxygens (including phenoxy) is 2. The summed E-state index contributed by atoms with van der Waals surface area (Å²) < 4.78 is 11.0. The molecule has 1 rings (SSSR count). The second-order valence-corrected chi connectivity index (χ2v) is 7.89. The van der Waals surface area contributed by atoms with Crippen molar-refractivity contribution in [1.82, 2.24) is 9.91 Å². The lowest BCUT2D eigenvalue weighted by Crippen LogP contribution is -2.65. The Balaban J connectivity index is 3.02. The minimum atomic E-state index is -1.73. The van der Waals surface area contributed by atoms with E-state index in [1.165, 1.54) is 0 Å². The smallest absolute Gasteiger partial charge is 0.345 e. The van der Waals surface area contributed by atoms with Gasteiger partial charge in [0.1, 0.15) is 24.4 Å². The molecule has 1 saturated heterocycles. The summed E-state index contributed by atoms with van der Waals surface area (Å²) in [4.78, 5) is 24.9. The van der Waals surface area contributed by atoms with Crippen molar-refractivity contribution in [3.63, 3.8) is 0 Å². The van der Waals surface area contributed by atoms with Crippen LogP contribution in [0.1, 0.15) is 52.4 Å². The van der Waals surface area contributed by atoms with Crippen molar-refractivity contribution in [3.05, 3.63) is 4.91 Å². The summed E-state index contributed by atoms with van der Waals surface area (Å²) in [5.41, 5.74) is 0. The van der Waals surface area contributed by atoms with Crippen molar-refractivity contribution in [2.75, 3.05) is 25.6 Å². The molecule has 1 aliphatic heterocycles. The molecule has 0 aromatic heterocycles. The fourth-order valence-electron chi connectivity index (χ4n) is 3.23. The number of nitroso groups, excluding NO2 is 1. The molecule has 31 heavy (non-hydrogen) atoms. The number of urea groups is 1. The van der Waals surface area contributed by atoms with E-state index in [0.29, 0.717) is 17.9 Å². The van der Waals surface area contributed by atoms with E-state index in [-0.39, 0.29) is 25.6 Å². The SMILES string of the molecule is CCCCCCN(C(=O)N(CCCl)N=O)C(O)[C@H]1O[C@@H](OCCCC)[C@H](O)[C@@H](O)[C@@H]1O. The first-order chi connectivity index (χ1) is 14.8. The first kappa shape index (κ1) is 28.0. The monoisotopic (exact) mass is 469 g/mol. The van der Waals surface area contributed by atoms with Crippen LogP contribution in [-0.4, -0.2) is 98.9 Å². The lowest BCUT2D eigenvalue weighted by atomic mass is 9.97. The number of unbranched alkanes of at least 4 members (excludes halogenated alkanes) is 4. The van der Waals surface area contributed by atoms with E-state index in [2.05, 4.69) is 5.29 Å². The summed E-state index contributed by atoms with van der Waals surface area (Å²) >= 11 is 5.62. The highest BCUT2D eigenvalue weighted by Crippen LogP contribution is 2.26. The number of carbonyl (C=O) groups is 1. The van der Waals surface area contributed by atoms with Crippen LogP contribution in [0.3, 0.4) is 0 Å². The molecule has 0 bridgehead atoms. The second-order valence-electron chi connectivity index (χ2n) is 7.51. The maximum absolute atomic E-state index is 12.8. The standard InChI is InChI=1S/C19H36ClN3O8/c1-3-5-7-8-10-22(19(28)23(21-29)11-9-20)17(27)16-14(25)13(24)15(26)18(31-16)30-12-6-4-2/h13-18,24-27H,3-12H2,1-2H3/t13-,14-,15+,16-,17?,18+/m0/s1. The second kappa shape index (κ2) is 14.9. The largest absolute Gasteiger partial charge is 0.387 e. The highest BCUT2D eigenvalue weighted by Gasteiger charge is 2.49. The van der Waals surface area contributed by atoms with Crippen molar-refractivity contribution >= 4 is 17.6 Å². The van der Waals surface area contributed by atoms with Crippen LogP contribution in [0.2, 0.25) is 0 Å². The van der Waals surface area contributed by atoms with E-state index in [0.717, 1.165) is 30.6 Å². The molecule has 4 N–H and O–H groups in total. The summed E-state index contributed by atoms with van der Waals surface area (Å²) in [6.07, 6.45) is -4.75. The van der Waals surface area contributed by atoms with Crippen LogP contribution in [0.15, 0.2) is 5.29 Å². The molecule has 0 radical (unpaired) electrons. The number of amides is 2. The van der Waals surface area contributed by atoms with Crippen LogP contribution in [0.4, 0.5) is 4.79 Å². The van der Waals surface area contributed by atoms with Gasteiger partial charge in [-0.25, -0.2) is 4.79 Å². The molecule has 1 unspecified atom stereocenters. The topological polar surface area (TPSA) is 152 Å². The van der Waals surface area contributed by atoms with Crippen molar-refractivity contribution < 1.29 is 34.7 Å². The molecule has 0 aromatic rings. The van der Waals surface area contributed by atoms with Gasteiger partial charge < -0.3 is 29.9 Å². The molecule has 2 amide bonds. The van der Waals surface area contributed by atoms with E-state index in [1.54, 1.807) is 0 Å². The normalized spacial score (nSPS) is 27.0. The Bertz CT molecular complexity index is 532. The first-order valence-electron chi connectivity index (χ1n) is 10.8. The Kier molecular flexibility index (Phi) is 13.4. The summed E-state index contributed by atoms with van der Waals surface area (Å²) in [7, 11) is 0. The van der Waals surface area contributed by atoms with Gasteiger partial charge in [0.2, 0.25) is 0 Å². The van der Waals surface area contributed by atoms with Crippen LogP contribution in [0.5, 0.6) is 0 Å². The molecule has 0 aromatic carbocycles. The van der Waals surface area contributed by atoms with Gasteiger partial charge in [-0.3, -0.25) is 4.90 Å². The van der Waals surface area contributed by atoms with Gasteiger partial charge in [-0.15, -0.1) is 16.5 Å². The zero-order chi connectivity index (χ0) is 23.4. The summed E-state index contributed by atoms with van der Waals surface area (Å²) in [5, 5.41) is 44.9. The van der Waals surface area contributed by atoms with Gasteiger partial charge in [0.05, 0.1) is 11.8 Å². The molecule has 12 heteroatoms. The molecular formula is C19H36ClN3O8. The van der Waals surface area contributed by atoms with Gasteiger partial charge >= 0.3 is 6.03 Å². The van der Waals surface area contributed by atoms with Crippen molar-refractivity contribution in [3.8, 4) is 0 Å². The maximum Gasteiger partial charge on any atom is 0.345 e. The molecule has 1 aliphatic rings. The Morgan fingerprint density at radius 2 is 1.74 bits per heavy atom. The number of carbonyl (C=O) groups excluding carboxylic acids is 1. The molecular weight excluding hydrogens is 434 g/mol. The Morgan fingerprint density at radius 3 is 2.32 bits per heavy atom. The van der Waals surface area contributed by atoms with E-state index in [9.17, 15) is 30.1 Å². The van der Waals surface area contributed by atoms with Crippen LogP contribution in [-0.2, 0) is 9.47 Å². The Hall–Kier alpha value is -1.08. The van der Waals surface area contributed by atoms with E-state index in [1.807, 2.05) is 13.8 Å². The number of nitrogens with zero attached hydrogens (tertiary/aromatic N) is 3. The highest BCUT2D eigenvalue weighted by molar-refractivity contribution is 6.18. The van der Waals surface area contributed by atoms with Crippen molar-refractivity contribution in [1.29, 1.82) is 0 Å². The fourth-order valence-corrected chi connectivity index (χ4v) is 3.39. The fraction of sp³-hybridized carbons (Fsp3) is 0.947. The van der Waals surface area contributed by atoms with Crippen LogP contribution in [0.25, 0.3) is 0 Å². The predicted molar refractivity (Wildman–Crippen MR) is 113 cm³/mol. The lowest BCUT2D eigenvalue weighted by Gasteiger charge is -2.44. The third-order valence-corrected chi connectivity index (χ3v) is 5.28. The number of rotatable bonds is 14.